The van der Waals surface area contributed by atoms with Crippen LogP contribution in [0.15, 0.2) is 0 Å². The predicted molar refractivity (Wildman–Crippen MR) is 36.9 cm³/mol. The fraction of sp³-hybridized carbons (Fsp3) is 0.800. The maximum atomic E-state index is 10.0. The second-order valence-corrected chi connectivity index (χ2v) is 1.64. The van der Waals surface area contributed by atoms with E-state index in [2.05, 4.69) is 4.74 Å². The summed E-state index contributed by atoms with van der Waals surface area (Å²) < 4.78 is 4.35. The van der Waals surface area contributed by atoms with Gasteiger partial charge in [-0.3, -0.25) is 4.79 Å². The number of hydrogen-bond donors (Lipinski definition) is 2. The molecule has 0 rings (SSSR count). The molecule has 4 nitrogen and oxygen atoms in total. The second kappa shape index (κ2) is 8.13. The quantitative estimate of drug-likeness (QED) is 0.393. The molecule has 0 saturated heterocycles. The molecule has 2 N–H and O–H groups in total. The summed E-state index contributed by atoms with van der Waals surface area (Å²) in [6.07, 6.45) is -0.950. The van der Waals surface area contributed by atoms with Crippen molar-refractivity contribution in [3.8, 4) is 0 Å². The number of aliphatic hydroxyl groups is 2. The van der Waals surface area contributed by atoms with E-state index in [1.54, 1.807) is 0 Å². The predicted octanol–water partition coefficient (Wildman–Crippen LogP) is -1.75. The van der Waals surface area contributed by atoms with Gasteiger partial charge in [0.05, 0.1) is 6.61 Å². The number of aliphatic hydroxyl groups excluding tert-OH is 2. The van der Waals surface area contributed by atoms with Crippen molar-refractivity contribution in [3.63, 3.8) is 0 Å². The zero-order valence-electron chi connectivity index (χ0n) is 5.20. The van der Waals surface area contributed by atoms with E-state index in [0.717, 1.165) is 0 Å². The Hall–Kier alpha value is 1.03. The Bertz CT molecular complexity index is 95.6. The van der Waals surface area contributed by atoms with Gasteiger partial charge in [-0.2, -0.15) is 0 Å². The first-order chi connectivity index (χ1) is 4.16. The van der Waals surface area contributed by atoms with Crippen molar-refractivity contribution in [1.82, 2.24) is 0 Å². The van der Waals surface area contributed by atoms with Gasteiger partial charge in [-0.1, -0.05) is 0 Å². The van der Waals surface area contributed by atoms with Crippen LogP contribution in [-0.2, 0) is 9.53 Å². The number of rotatable bonds is 3. The number of carbonyl (C=O) groups excluding carboxylic acids is 1. The Morgan fingerprint density at radius 3 is 2.50 bits per heavy atom. The van der Waals surface area contributed by atoms with E-state index < -0.39 is 12.1 Å². The van der Waals surface area contributed by atoms with Crippen LogP contribution in [-0.4, -0.2) is 86.9 Å². The molecule has 56 valence electrons. The Labute approximate surface area is 102 Å². The molecule has 1 unspecified atom stereocenters. The molecule has 5 heteroatoms. The van der Waals surface area contributed by atoms with Crippen molar-refractivity contribution in [1.29, 1.82) is 0 Å². The van der Waals surface area contributed by atoms with Crippen molar-refractivity contribution in [2.24, 2.45) is 0 Å². The van der Waals surface area contributed by atoms with E-state index in [1.807, 2.05) is 0 Å². The number of esters is 1. The van der Waals surface area contributed by atoms with Crippen LogP contribution in [0.25, 0.3) is 0 Å². The van der Waals surface area contributed by atoms with E-state index >= 15 is 0 Å². The van der Waals surface area contributed by atoms with Gasteiger partial charge in [0.1, 0.15) is 12.7 Å². The van der Waals surface area contributed by atoms with E-state index in [9.17, 15) is 4.79 Å². The molecule has 0 bridgehead atoms. The van der Waals surface area contributed by atoms with E-state index in [-0.39, 0.29) is 64.6 Å². The number of carbonyl (C=O) groups is 1. The molecule has 0 heterocycles. The Kier molecular flexibility index (Phi) is 11.1. The molecule has 0 aliphatic rings. The Balaban J connectivity index is 0. The fourth-order valence-electron chi connectivity index (χ4n) is 0.266. The zero-order chi connectivity index (χ0) is 7.28. The summed E-state index contributed by atoms with van der Waals surface area (Å²) in [5.41, 5.74) is 0. The molecule has 0 aromatic heterocycles. The fourth-order valence-corrected chi connectivity index (χ4v) is 0.266. The molecule has 0 saturated carbocycles. The van der Waals surface area contributed by atoms with Gasteiger partial charge >= 0.3 is 57.4 Å². The molecule has 0 spiro atoms. The molecule has 0 aliphatic carbocycles. The van der Waals surface area contributed by atoms with Crippen LogP contribution in [0.4, 0.5) is 0 Å². The van der Waals surface area contributed by atoms with Crippen LogP contribution in [0, 0.1) is 0 Å². The van der Waals surface area contributed by atoms with Crippen molar-refractivity contribution < 1.29 is 19.7 Å². The summed E-state index contributed by atoms with van der Waals surface area (Å²) in [6, 6.07) is 0. The van der Waals surface area contributed by atoms with Gasteiger partial charge in [0.25, 0.3) is 0 Å². The van der Waals surface area contributed by atoms with Crippen LogP contribution in [0.1, 0.15) is 6.92 Å². The van der Waals surface area contributed by atoms with Crippen LogP contribution >= 0.6 is 0 Å². The molecule has 1 atom stereocenters. The molecule has 0 aromatic rings. The van der Waals surface area contributed by atoms with E-state index in [0.29, 0.717) is 0 Å². The van der Waals surface area contributed by atoms with Crippen molar-refractivity contribution in [2.45, 2.75) is 13.0 Å². The van der Waals surface area contributed by atoms with Gasteiger partial charge in [-0.05, 0) is 0 Å². The molecule has 0 fully saturated rings. The SMILES string of the molecule is CC(=O)OCC(O)CO.[KH]. The molecule has 0 amide bonds. The topological polar surface area (TPSA) is 66.8 Å². The van der Waals surface area contributed by atoms with Gasteiger partial charge in [0.15, 0.2) is 0 Å². The van der Waals surface area contributed by atoms with Crippen LogP contribution in [0.3, 0.4) is 0 Å². The molecule has 0 radical (unpaired) electrons. The van der Waals surface area contributed by atoms with Gasteiger partial charge < -0.3 is 14.9 Å². The summed E-state index contributed by atoms with van der Waals surface area (Å²) in [6.45, 7) is 0.725. The standard InChI is InChI=1S/C5H10O4.K.H/c1-4(7)9-3-5(8)2-6;;/h5-6,8H,2-3H2,1H3;;. The summed E-state index contributed by atoms with van der Waals surface area (Å²) >= 11 is 0. The average Bonchev–Trinajstić information content (AvgIpc) is 1.83. The van der Waals surface area contributed by atoms with Gasteiger partial charge in [0.2, 0.25) is 0 Å². The zero-order valence-corrected chi connectivity index (χ0v) is 5.20. The summed E-state index contributed by atoms with van der Waals surface area (Å²) in [5.74, 6) is -0.456. The normalized spacial score (nSPS) is 11.5. The maximum absolute atomic E-state index is 10.0. The first-order valence-corrected chi connectivity index (χ1v) is 2.59. The third-order valence-corrected chi connectivity index (χ3v) is 0.690. The van der Waals surface area contributed by atoms with Crippen molar-refractivity contribution >= 4 is 57.4 Å². The van der Waals surface area contributed by atoms with Gasteiger partial charge in [-0.15, -0.1) is 0 Å². The summed E-state index contributed by atoms with van der Waals surface area (Å²) in [5, 5.41) is 16.8. The van der Waals surface area contributed by atoms with Crippen molar-refractivity contribution in [2.75, 3.05) is 13.2 Å². The van der Waals surface area contributed by atoms with Crippen molar-refractivity contribution in [3.05, 3.63) is 0 Å². The third kappa shape index (κ3) is 9.03. The Morgan fingerprint density at radius 1 is 1.70 bits per heavy atom. The summed E-state index contributed by atoms with van der Waals surface area (Å²) in [4.78, 5) is 10.0. The first-order valence-electron chi connectivity index (χ1n) is 2.59. The second-order valence-electron chi connectivity index (χ2n) is 1.64. The third-order valence-electron chi connectivity index (χ3n) is 0.690. The number of hydrogen-bond acceptors (Lipinski definition) is 4. The summed E-state index contributed by atoms with van der Waals surface area (Å²) in [7, 11) is 0. The molecular formula is C5H11KO4. The van der Waals surface area contributed by atoms with Gasteiger partial charge in [0, 0.05) is 6.92 Å². The average molecular weight is 174 g/mol. The minimum atomic E-state index is -0.950. The molecule has 0 aromatic carbocycles. The minimum absolute atomic E-state index is 0. The number of ether oxygens (including phenoxy) is 1. The Morgan fingerprint density at radius 2 is 2.20 bits per heavy atom. The van der Waals surface area contributed by atoms with Crippen LogP contribution in [0.2, 0.25) is 0 Å². The molecular weight excluding hydrogens is 163 g/mol. The monoisotopic (exact) mass is 174 g/mol. The van der Waals surface area contributed by atoms with E-state index in [4.69, 9.17) is 10.2 Å². The van der Waals surface area contributed by atoms with E-state index in [1.165, 1.54) is 6.92 Å². The van der Waals surface area contributed by atoms with Gasteiger partial charge in [-0.25, -0.2) is 0 Å². The van der Waals surface area contributed by atoms with Crippen LogP contribution in [0.5, 0.6) is 0 Å². The molecule has 10 heavy (non-hydrogen) atoms. The first kappa shape index (κ1) is 13.6. The van der Waals surface area contributed by atoms with Crippen LogP contribution < -0.4 is 0 Å². The molecule has 0 aliphatic heterocycles.